The lowest BCUT2D eigenvalue weighted by Gasteiger charge is -2.09. The molecule has 106 valence electrons. The maximum Gasteiger partial charge on any atom is 0.290 e. The van der Waals surface area contributed by atoms with E-state index >= 15 is 0 Å². The van der Waals surface area contributed by atoms with Gasteiger partial charge in [0.15, 0.2) is 11.5 Å². The molecule has 0 spiro atoms. The highest BCUT2D eigenvalue weighted by atomic mass is 16.5. The van der Waals surface area contributed by atoms with E-state index in [2.05, 4.69) is 10.5 Å². The molecule has 1 aromatic carbocycles. The van der Waals surface area contributed by atoms with Crippen LogP contribution in [-0.4, -0.2) is 25.3 Å². The van der Waals surface area contributed by atoms with Gasteiger partial charge in [-0.1, -0.05) is 11.2 Å². The van der Waals surface area contributed by atoms with Gasteiger partial charge in [-0.15, -0.1) is 0 Å². The Hall–Kier alpha value is -2.50. The van der Waals surface area contributed by atoms with Gasteiger partial charge in [-0.05, 0) is 24.6 Å². The topological polar surface area (TPSA) is 73.6 Å². The highest BCUT2D eigenvalue weighted by molar-refractivity contribution is 5.91. The second-order valence-electron chi connectivity index (χ2n) is 4.20. The first kappa shape index (κ1) is 13.9. The summed E-state index contributed by atoms with van der Waals surface area (Å²) in [4.78, 5) is 11.8. The normalized spacial score (nSPS) is 10.2. The molecule has 0 saturated carbocycles. The van der Waals surface area contributed by atoms with Crippen molar-refractivity contribution in [2.24, 2.45) is 0 Å². The van der Waals surface area contributed by atoms with Crippen molar-refractivity contribution < 1.29 is 18.8 Å². The van der Waals surface area contributed by atoms with Crippen LogP contribution in [0, 0.1) is 6.92 Å². The molecule has 0 saturated heterocycles. The van der Waals surface area contributed by atoms with Gasteiger partial charge in [-0.3, -0.25) is 4.79 Å². The van der Waals surface area contributed by atoms with Gasteiger partial charge in [0.2, 0.25) is 5.76 Å². The van der Waals surface area contributed by atoms with Crippen LogP contribution in [-0.2, 0) is 6.54 Å². The number of aromatic nitrogens is 1. The van der Waals surface area contributed by atoms with E-state index in [0.29, 0.717) is 23.7 Å². The van der Waals surface area contributed by atoms with Crippen molar-refractivity contribution >= 4 is 5.91 Å². The number of carbonyl (C=O) groups is 1. The quantitative estimate of drug-likeness (QED) is 0.903. The van der Waals surface area contributed by atoms with Gasteiger partial charge in [-0.25, -0.2) is 0 Å². The van der Waals surface area contributed by atoms with E-state index in [4.69, 9.17) is 14.0 Å². The Labute approximate surface area is 116 Å². The first-order valence-corrected chi connectivity index (χ1v) is 6.06. The van der Waals surface area contributed by atoms with Crippen LogP contribution in [0.5, 0.6) is 11.5 Å². The van der Waals surface area contributed by atoms with Crippen LogP contribution in [0.25, 0.3) is 0 Å². The Morgan fingerprint density at radius 3 is 2.60 bits per heavy atom. The van der Waals surface area contributed by atoms with Gasteiger partial charge in [0.25, 0.3) is 5.91 Å². The predicted octanol–water partition coefficient (Wildman–Crippen LogP) is 1.93. The predicted molar refractivity (Wildman–Crippen MR) is 72.0 cm³/mol. The largest absolute Gasteiger partial charge is 0.493 e. The molecular weight excluding hydrogens is 260 g/mol. The zero-order valence-electron chi connectivity index (χ0n) is 11.6. The Kier molecular flexibility index (Phi) is 4.24. The summed E-state index contributed by atoms with van der Waals surface area (Å²) in [6.07, 6.45) is 0. The maximum absolute atomic E-state index is 11.8. The third-order valence-corrected chi connectivity index (χ3v) is 2.75. The lowest BCUT2D eigenvalue weighted by Crippen LogP contribution is -2.22. The van der Waals surface area contributed by atoms with Crippen LogP contribution in [0.2, 0.25) is 0 Å². The van der Waals surface area contributed by atoms with E-state index in [9.17, 15) is 4.79 Å². The summed E-state index contributed by atoms with van der Waals surface area (Å²) in [6.45, 7) is 2.12. The number of hydrogen-bond acceptors (Lipinski definition) is 5. The zero-order chi connectivity index (χ0) is 14.5. The van der Waals surface area contributed by atoms with E-state index in [1.165, 1.54) is 0 Å². The minimum Gasteiger partial charge on any atom is -0.493 e. The Bertz CT molecular complexity index is 607. The van der Waals surface area contributed by atoms with Gasteiger partial charge in [0, 0.05) is 12.6 Å². The summed E-state index contributed by atoms with van der Waals surface area (Å²) in [6, 6.07) is 7.04. The number of rotatable bonds is 5. The fourth-order valence-electron chi connectivity index (χ4n) is 1.73. The molecule has 2 rings (SSSR count). The molecule has 6 nitrogen and oxygen atoms in total. The van der Waals surface area contributed by atoms with Crippen LogP contribution in [0.3, 0.4) is 0 Å². The van der Waals surface area contributed by atoms with Crippen LogP contribution < -0.4 is 14.8 Å². The van der Waals surface area contributed by atoms with Crippen molar-refractivity contribution in [3.8, 4) is 11.5 Å². The summed E-state index contributed by atoms with van der Waals surface area (Å²) in [7, 11) is 3.14. The Balaban J connectivity index is 2.02. The monoisotopic (exact) mass is 276 g/mol. The number of nitrogens with zero attached hydrogens (tertiary/aromatic N) is 1. The lowest BCUT2D eigenvalue weighted by molar-refractivity contribution is 0.0914. The summed E-state index contributed by atoms with van der Waals surface area (Å²) >= 11 is 0. The Morgan fingerprint density at radius 1 is 1.25 bits per heavy atom. The van der Waals surface area contributed by atoms with Crippen molar-refractivity contribution in [2.45, 2.75) is 13.5 Å². The van der Waals surface area contributed by atoms with E-state index in [1.807, 2.05) is 12.1 Å². The van der Waals surface area contributed by atoms with Crippen LogP contribution in [0.15, 0.2) is 28.8 Å². The van der Waals surface area contributed by atoms with E-state index in [0.717, 1.165) is 5.56 Å². The average Bonchev–Trinajstić information content (AvgIpc) is 2.91. The third kappa shape index (κ3) is 3.09. The highest BCUT2D eigenvalue weighted by Gasteiger charge is 2.11. The summed E-state index contributed by atoms with van der Waals surface area (Å²) < 4.78 is 15.2. The average molecular weight is 276 g/mol. The minimum atomic E-state index is -0.305. The number of carbonyl (C=O) groups excluding carboxylic acids is 1. The molecule has 2 aromatic rings. The molecule has 0 bridgehead atoms. The number of methoxy groups -OCH3 is 2. The molecule has 1 heterocycles. The van der Waals surface area contributed by atoms with Gasteiger partial charge >= 0.3 is 0 Å². The molecule has 0 atom stereocenters. The Morgan fingerprint density at radius 2 is 2.00 bits per heavy atom. The molecule has 0 unspecified atom stereocenters. The van der Waals surface area contributed by atoms with Crippen molar-refractivity contribution in [2.75, 3.05) is 14.2 Å². The molecule has 6 heteroatoms. The third-order valence-electron chi connectivity index (χ3n) is 2.75. The van der Waals surface area contributed by atoms with Crippen molar-refractivity contribution in [3.63, 3.8) is 0 Å². The van der Waals surface area contributed by atoms with E-state index in [1.54, 1.807) is 33.3 Å². The van der Waals surface area contributed by atoms with Crippen LogP contribution >= 0.6 is 0 Å². The number of aryl methyl sites for hydroxylation is 1. The number of benzene rings is 1. The van der Waals surface area contributed by atoms with Crippen molar-refractivity contribution in [3.05, 3.63) is 41.3 Å². The van der Waals surface area contributed by atoms with Crippen LogP contribution in [0.4, 0.5) is 0 Å². The van der Waals surface area contributed by atoms with E-state index < -0.39 is 0 Å². The fourth-order valence-corrected chi connectivity index (χ4v) is 1.73. The number of amides is 1. The molecule has 1 aromatic heterocycles. The van der Waals surface area contributed by atoms with E-state index in [-0.39, 0.29) is 11.7 Å². The first-order chi connectivity index (χ1) is 9.63. The molecule has 0 radical (unpaired) electrons. The maximum atomic E-state index is 11.8. The molecule has 0 aliphatic carbocycles. The number of ether oxygens (including phenoxy) is 2. The standard InChI is InChI=1S/C14H16N2O4/c1-9-6-13(20-16-9)14(17)15-8-10-4-5-11(18-2)12(7-10)19-3/h4-7H,8H2,1-3H3,(H,15,17). The molecule has 0 fully saturated rings. The molecule has 1 N–H and O–H groups in total. The zero-order valence-corrected chi connectivity index (χ0v) is 11.6. The highest BCUT2D eigenvalue weighted by Crippen LogP contribution is 2.27. The molecular formula is C14H16N2O4. The lowest BCUT2D eigenvalue weighted by atomic mass is 10.2. The summed E-state index contributed by atoms with van der Waals surface area (Å²) in [5.74, 6) is 1.16. The second kappa shape index (κ2) is 6.10. The van der Waals surface area contributed by atoms with Gasteiger partial charge < -0.3 is 19.3 Å². The smallest absolute Gasteiger partial charge is 0.290 e. The number of nitrogens with one attached hydrogen (secondary N) is 1. The van der Waals surface area contributed by atoms with Crippen LogP contribution in [0.1, 0.15) is 21.8 Å². The fraction of sp³-hybridized carbons (Fsp3) is 0.286. The van der Waals surface area contributed by atoms with Crippen molar-refractivity contribution in [1.82, 2.24) is 10.5 Å². The van der Waals surface area contributed by atoms with Crippen molar-refractivity contribution in [1.29, 1.82) is 0 Å². The molecule has 20 heavy (non-hydrogen) atoms. The first-order valence-electron chi connectivity index (χ1n) is 6.06. The SMILES string of the molecule is COc1ccc(CNC(=O)c2cc(C)no2)cc1OC. The minimum absolute atomic E-state index is 0.197. The summed E-state index contributed by atoms with van der Waals surface area (Å²) in [5.41, 5.74) is 1.56. The molecule has 0 aliphatic rings. The molecule has 0 aliphatic heterocycles. The summed E-state index contributed by atoms with van der Waals surface area (Å²) in [5, 5.41) is 6.42. The number of hydrogen-bond donors (Lipinski definition) is 1. The molecule has 1 amide bonds. The van der Waals surface area contributed by atoms with Gasteiger partial charge in [-0.2, -0.15) is 0 Å². The van der Waals surface area contributed by atoms with Gasteiger partial charge in [0.1, 0.15) is 0 Å². The van der Waals surface area contributed by atoms with Gasteiger partial charge in [0.05, 0.1) is 19.9 Å². The second-order valence-corrected chi connectivity index (χ2v) is 4.20.